The lowest BCUT2D eigenvalue weighted by Gasteiger charge is -2.02. The minimum atomic E-state index is -0.666. The molecule has 1 aromatic rings. The Morgan fingerprint density at radius 1 is 1.50 bits per heavy atom. The molecule has 0 aliphatic carbocycles. The van der Waals surface area contributed by atoms with Crippen molar-refractivity contribution < 1.29 is 4.39 Å². The molecule has 12 heavy (non-hydrogen) atoms. The third kappa shape index (κ3) is 1.83. The fourth-order valence-electron chi connectivity index (χ4n) is 0.933. The van der Waals surface area contributed by atoms with E-state index in [2.05, 4.69) is 20.8 Å². The fraction of sp³-hybridized carbons (Fsp3) is 0.222. The van der Waals surface area contributed by atoms with Crippen molar-refractivity contribution in [2.24, 2.45) is 0 Å². The van der Waals surface area contributed by atoms with E-state index >= 15 is 0 Å². The van der Waals surface area contributed by atoms with E-state index in [1.54, 1.807) is 12.1 Å². The van der Waals surface area contributed by atoms with E-state index in [0.29, 0.717) is 0 Å². The average Bonchev–Trinajstić information content (AvgIpc) is 2.10. The summed E-state index contributed by atoms with van der Waals surface area (Å²) in [4.78, 5) is 3.18. The molecule has 0 fully saturated rings. The van der Waals surface area contributed by atoms with Gasteiger partial charge in [0.05, 0.1) is 5.56 Å². The lowest BCUT2D eigenvalue weighted by Crippen LogP contribution is -1.95. The van der Waals surface area contributed by atoms with Gasteiger partial charge in [-0.25, -0.2) is 11.0 Å². The van der Waals surface area contributed by atoms with E-state index in [0.717, 1.165) is 10.0 Å². The Kier molecular flexibility index (Phi) is 3.24. The standard InChI is InChI=1S/C9H7BrFN/c1-12-9(6-11)7-4-2-3-5-8(7)10/h2-5,9H,6H2. The molecule has 62 valence electrons. The number of halogens is 2. The molecule has 0 N–H and O–H groups in total. The summed E-state index contributed by atoms with van der Waals surface area (Å²) in [6, 6.07) is 6.54. The van der Waals surface area contributed by atoms with Gasteiger partial charge in [0.1, 0.15) is 0 Å². The Labute approximate surface area is 79.2 Å². The molecular weight excluding hydrogens is 221 g/mol. The highest BCUT2D eigenvalue weighted by atomic mass is 79.9. The largest absolute Gasteiger partial charge is 0.306 e. The molecule has 1 aromatic carbocycles. The average molecular weight is 228 g/mol. The summed E-state index contributed by atoms with van der Waals surface area (Å²) < 4.78 is 13.1. The first-order valence-electron chi connectivity index (χ1n) is 3.46. The van der Waals surface area contributed by atoms with Crippen LogP contribution in [0.2, 0.25) is 0 Å². The van der Waals surface area contributed by atoms with Crippen LogP contribution in [0.25, 0.3) is 4.85 Å². The van der Waals surface area contributed by atoms with E-state index in [4.69, 9.17) is 6.57 Å². The quantitative estimate of drug-likeness (QED) is 0.683. The van der Waals surface area contributed by atoms with Gasteiger partial charge in [-0.15, -0.1) is 0 Å². The smallest absolute Gasteiger partial charge is 0.277 e. The summed E-state index contributed by atoms with van der Waals surface area (Å²) in [5, 5.41) is 0. The highest BCUT2D eigenvalue weighted by Gasteiger charge is 2.17. The van der Waals surface area contributed by atoms with Crippen LogP contribution in [-0.4, -0.2) is 6.67 Å². The van der Waals surface area contributed by atoms with Crippen LogP contribution in [0, 0.1) is 6.57 Å². The maximum atomic E-state index is 12.3. The highest BCUT2D eigenvalue weighted by Crippen LogP contribution is 2.25. The maximum absolute atomic E-state index is 12.3. The van der Waals surface area contributed by atoms with Crippen LogP contribution in [0.4, 0.5) is 4.39 Å². The Morgan fingerprint density at radius 3 is 2.67 bits per heavy atom. The van der Waals surface area contributed by atoms with Crippen LogP contribution < -0.4 is 0 Å². The Bertz CT molecular complexity index is 306. The summed E-state index contributed by atoms with van der Waals surface area (Å²) >= 11 is 3.27. The second-order valence-electron chi connectivity index (χ2n) is 2.32. The first-order valence-corrected chi connectivity index (χ1v) is 4.26. The first kappa shape index (κ1) is 9.21. The van der Waals surface area contributed by atoms with Crippen molar-refractivity contribution in [1.29, 1.82) is 0 Å². The van der Waals surface area contributed by atoms with Crippen LogP contribution in [0.1, 0.15) is 11.6 Å². The number of rotatable bonds is 2. The van der Waals surface area contributed by atoms with Crippen molar-refractivity contribution in [1.82, 2.24) is 0 Å². The zero-order valence-electron chi connectivity index (χ0n) is 6.30. The molecule has 1 atom stereocenters. The Balaban J connectivity index is 3.02. The molecule has 0 bridgehead atoms. The number of nitrogens with zero attached hydrogens (tertiary/aromatic N) is 1. The summed E-state index contributed by atoms with van der Waals surface area (Å²) in [6.45, 7) is 6.13. The molecule has 0 amide bonds. The van der Waals surface area contributed by atoms with Gasteiger partial charge in [-0.2, -0.15) is 0 Å². The molecule has 1 unspecified atom stereocenters. The monoisotopic (exact) mass is 227 g/mol. The highest BCUT2D eigenvalue weighted by molar-refractivity contribution is 9.10. The Hall–Kier alpha value is -0.880. The van der Waals surface area contributed by atoms with Gasteiger partial charge in [-0.05, 0) is 6.07 Å². The first-order chi connectivity index (χ1) is 5.79. The van der Waals surface area contributed by atoms with Gasteiger partial charge in [-0.1, -0.05) is 34.1 Å². The molecule has 0 aromatic heterocycles. The van der Waals surface area contributed by atoms with E-state index in [1.807, 2.05) is 12.1 Å². The minimum absolute atomic E-state index is 0.633. The number of hydrogen-bond acceptors (Lipinski definition) is 0. The van der Waals surface area contributed by atoms with E-state index in [9.17, 15) is 4.39 Å². The number of hydrogen-bond donors (Lipinski definition) is 0. The van der Waals surface area contributed by atoms with Crippen molar-refractivity contribution in [2.45, 2.75) is 6.04 Å². The molecule has 0 aliphatic heterocycles. The van der Waals surface area contributed by atoms with Crippen molar-refractivity contribution in [3.05, 3.63) is 45.7 Å². The van der Waals surface area contributed by atoms with Crippen molar-refractivity contribution in [3.63, 3.8) is 0 Å². The summed E-state index contributed by atoms with van der Waals surface area (Å²) in [7, 11) is 0. The molecule has 0 spiro atoms. The van der Waals surface area contributed by atoms with Crippen LogP contribution in [0.5, 0.6) is 0 Å². The molecule has 1 nitrogen and oxygen atoms in total. The van der Waals surface area contributed by atoms with Crippen LogP contribution in [0.3, 0.4) is 0 Å². The van der Waals surface area contributed by atoms with Gasteiger partial charge in [-0.3, -0.25) is 0 Å². The molecule has 0 saturated carbocycles. The number of benzene rings is 1. The third-order valence-electron chi connectivity index (χ3n) is 1.57. The molecule has 1 rings (SSSR count). The second-order valence-corrected chi connectivity index (χ2v) is 3.18. The van der Waals surface area contributed by atoms with Crippen LogP contribution >= 0.6 is 15.9 Å². The predicted octanol–water partition coefficient (Wildman–Crippen LogP) is 3.38. The fourth-order valence-corrected chi connectivity index (χ4v) is 1.48. The van der Waals surface area contributed by atoms with Crippen LogP contribution in [0.15, 0.2) is 28.7 Å². The maximum Gasteiger partial charge on any atom is 0.277 e. The molecule has 0 saturated heterocycles. The van der Waals surface area contributed by atoms with Crippen LogP contribution in [-0.2, 0) is 0 Å². The lowest BCUT2D eigenvalue weighted by atomic mass is 10.1. The lowest BCUT2D eigenvalue weighted by molar-refractivity contribution is 0.465. The van der Waals surface area contributed by atoms with Crippen molar-refractivity contribution in [2.75, 3.05) is 6.67 Å². The van der Waals surface area contributed by atoms with E-state index < -0.39 is 12.7 Å². The SMILES string of the molecule is [C-]#[N+]C(CF)c1ccccc1Br. The van der Waals surface area contributed by atoms with Gasteiger partial charge in [0.25, 0.3) is 6.04 Å². The molecule has 0 aliphatic rings. The number of alkyl halides is 1. The summed E-state index contributed by atoms with van der Waals surface area (Å²) in [6.07, 6.45) is 0. The van der Waals surface area contributed by atoms with Gasteiger partial charge < -0.3 is 4.85 Å². The second kappa shape index (κ2) is 4.22. The third-order valence-corrected chi connectivity index (χ3v) is 2.29. The molecule has 3 heteroatoms. The van der Waals surface area contributed by atoms with Crippen molar-refractivity contribution in [3.8, 4) is 0 Å². The topological polar surface area (TPSA) is 4.36 Å². The summed E-state index contributed by atoms with van der Waals surface area (Å²) in [5.74, 6) is 0. The molecular formula is C9H7BrFN. The van der Waals surface area contributed by atoms with E-state index in [-0.39, 0.29) is 0 Å². The van der Waals surface area contributed by atoms with Gasteiger partial charge in [0, 0.05) is 4.47 Å². The normalized spacial score (nSPS) is 12.1. The van der Waals surface area contributed by atoms with Gasteiger partial charge >= 0.3 is 0 Å². The zero-order chi connectivity index (χ0) is 8.97. The molecule has 0 heterocycles. The van der Waals surface area contributed by atoms with E-state index in [1.165, 1.54) is 0 Å². The minimum Gasteiger partial charge on any atom is -0.306 e. The molecule has 0 radical (unpaired) electrons. The summed E-state index contributed by atoms with van der Waals surface area (Å²) in [5.41, 5.74) is 0.718. The van der Waals surface area contributed by atoms with Crippen molar-refractivity contribution >= 4 is 15.9 Å². The Morgan fingerprint density at radius 2 is 2.17 bits per heavy atom. The van der Waals surface area contributed by atoms with Gasteiger partial charge in [0.15, 0.2) is 6.67 Å². The van der Waals surface area contributed by atoms with Gasteiger partial charge in [0.2, 0.25) is 0 Å². The predicted molar refractivity (Wildman–Crippen MR) is 49.5 cm³/mol. The zero-order valence-corrected chi connectivity index (χ0v) is 7.88.